The number of likely N-dealkylation sites (tertiary alicyclic amines) is 1. The lowest BCUT2D eigenvalue weighted by Gasteiger charge is -2.35. The van der Waals surface area contributed by atoms with Crippen LogP contribution in [0.2, 0.25) is 0 Å². The standard InChI is InChI=1S/C28H35F3N2O5/c1-16(2)38-26(36)33-23(17-10-8-7-9-11-17)22(21(27(3,4)5)24(33)25(34)35)32-15-18-14-19(28(29,30)31)12-13-20(18)37-6/h7-14,16,21-24,32H,15H2,1-6H3,(H,34,35)/t21-,22+,23-,24-/m0/s1. The Morgan fingerprint density at radius 3 is 2.21 bits per heavy atom. The predicted molar refractivity (Wildman–Crippen MR) is 136 cm³/mol. The van der Waals surface area contributed by atoms with E-state index in [-0.39, 0.29) is 17.9 Å². The van der Waals surface area contributed by atoms with Crippen LogP contribution in [0.5, 0.6) is 5.75 Å². The number of methoxy groups -OCH3 is 1. The molecule has 1 fully saturated rings. The van der Waals surface area contributed by atoms with Crippen molar-refractivity contribution in [1.29, 1.82) is 0 Å². The normalized spacial score (nSPS) is 22.0. The quantitative estimate of drug-likeness (QED) is 0.459. The largest absolute Gasteiger partial charge is 0.496 e. The van der Waals surface area contributed by atoms with Crippen molar-refractivity contribution >= 4 is 12.1 Å². The van der Waals surface area contributed by atoms with Crippen LogP contribution in [-0.4, -0.2) is 47.4 Å². The Morgan fingerprint density at radius 1 is 1.08 bits per heavy atom. The van der Waals surface area contributed by atoms with Crippen molar-refractivity contribution in [3.63, 3.8) is 0 Å². The third-order valence-corrected chi connectivity index (χ3v) is 6.74. The predicted octanol–water partition coefficient (Wildman–Crippen LogP) is 5.89. The lowest BCUT2D eigenvalue weighted by molar-refractivity contribution is -0.145. The van der Waals surface area contributed by atoms with Crippen molar-refractivity contribution in [3.8, 4) is 5.75 Å². The summed E-state index contributed by atoms with van der Waals surface area (Å²) in [7, 11) is 1.37. The van der Waals surface area contributed by atoms with Gasteiger partial charge in [0.15, 0.2) is 0 Å². The third kappa shape index (κ3) is 6.23. The van der Waals surface area contributed by atoms with Crippen LogP contribution in [0.3, 0.4) is 0 Å². The first-order valence-electron chi connectivity index (χ1n) is 12.4. The summed E-state index contributed by atoms with van der Waals surface area (Å²) in [6.45, 7) is 8.95. The van der Waals surface area contributed by atoms with E-state index in [1.54, 1.807) is 44.2 Å². The summed E-state index contributed by atoms with van der Waals surface area (Å²) in [6.07, 6.45) is -5.79. The number of alkyl halides is 3. The third-order valence-electron chi connectivity index (χ3n) is 6.74. The summed E-state index contributed by atoms with van der Waals surface area (Å²) < 4.78 is 51.1. The zero-order valence-electron chi connectivity index (χ0n) is 22.4. The molecule has 10 heteroatoms. The highest BCUT2D eigenvalue weighted by Gasteiger charge is 2.58. The molecule has 208 valence electrons. The van der Waals surface area contributed by atoms with Crippen LogP contribution in [0.15, 0.2) is 48.5 Å². The van der Waals surface area contributed by atoms with Crippen molar-refractivity contribution in [2.75, 3.05) is 7.11 Å². The van der Waals surface area contributed by atoms with Crippen LogP contribution < -0.4 is 10.1 Å². The first-order valence-corrected chi connectivity index (χ1v) is 12.4. The second-order valence-corrected chi connectivity index (χ2v) is 10.8. The summed E-state index contributed by atoms with van der Waals surface area (Å²) in [5.41, 5.74) is -0.492. The molecule has 0 aromatic heterocycles. The van der Waals surface area contributed by atoms with Crippen LogP contribution in [-0.2, 0) is 22.3 Å². The Morgan fingerprint density at radius 2 is 1.71 bits per heavy atom. The van der Waals surface area contributed by atoms with E-state index in [1.807, 2.05) is 20.8 Å². The smallest absolute Gasteiger partial charge is 0.416 e. The summed E-state index contributed by atoms with van der Waals surface area (Å²) in [6, 6.07) is 9.56. The van der Waals surface area contributed by atoms with Gasteiger partial charge in [0.25, 0.3) is 0 Å². The first kappa shape index (κ1) is 29.3. The fourth-order valence-electron chi connectivity index (χ4n) is 5.26. The van der Waals surface area contributed by atoms with Gasteiger partial charge in [-0.1, -0.05) is 51.1 Å². The molecule has 0 unspecified atom stereocenters. The fourth-order valence-corrected chi connectivity index (χ4v) is 5.26. The Kier molecular flexibility index (Phi) is 8.65. The number of nitrogens with one attached hydrogen (secondary N) is 1. The minimum Gasteiger partial charge on any atom is -0.496 e. The number of aliphatic carboxylic acids is 1. The Labute approximate surface area is 220 Å². The molecule has 1 aliphatic heterocycles. The van der Waals surface area contributed by atoms with Crippen LogP contribution >= 0.6 is 0 Å². The fraction of sp³-hybridized carbons (Fsp3) is 0.500. The van der Waals surface area contributed by atoms with E-state index in [0.717, 1.165) is 12.1 Å². The number of benzene rings is 2. The Hall–Kier alpha value is -3.27. The van der Waals surface area contributed by atoms with E-state index >= 15 is 0 Å². The maximum absolute atomic E-state index is 13.4. The summed E-state index contributed by atoms with van der Waals surface area (Å²) in [5, 5.41) is 13.7. The molecule has 0 aliphatic carbocycles. The highest BCUT2D eigenvalue weighted by molar-refractivity contribution is 5.82. The molecule has 1 amide bonds. The first-order chi connectivity index (χ1) is 17.7. The molecule has 0 radical (unpaired) electrons. The average Bonchev–Trinajstić information content (AvgIpc) is 3.18. The van der Waals surface area contributed by atoms with Crippen LogP contribution in [0.4, 0.5) is 18.0 Å². The molecule has 3 rings (SSSR count). The van der Waals surface area contributed by atoms with Crippen molar-refractivity contribution in [3.05, 3.63) is 65.2 Å². The number of carbonyl (C=O) groups excluding carboxylic acids is 1. The monoisotopic (exact) mass is 536 g/mol. The number of halogens is 3. The van der Waals surface area contributed by atoms with E-state index < -0.39 is 59.4 Å². The topological polar surface area (TPSA) is 88.1 Å². The lowest BCUT2D eigenvalue weighted by atomic mass is 9.72. The number of carbonyl (C=O) groups is 2. The van der Waals surface area contributed by atoms with E-state index in [0.29, 0.717) is 5.56 Å². The summed E-state index contributed by atoms with van der Waals surface area (Å²) >= 11 is 0. The van der Waals surface area contributed by atoms with Gasteiger partial charge >= 0.3 is 18.2 Å². The molecule has 7 nitrogen and oxygen atoms in total. The van der Waals surface area contributed by atoms with Crippen molar-refractivity contribution < 1.29 is 37.3 Å². The summed E-state index contributed by atoms with van der Waals surface area (Å²) in [4.78, 5) is 27.3. The van der Waals surface area contributed by atoms with Crippen molar-refractivity contribution in [1.82, 2.24) is 10.2 Å². The number of ether oxygens (including phenoxy) is 2. The number of carboxylic acid groups (broad SMARTS) is 1. The molecular formula is C28H35F3N2O5. The number of hydrogen-bond donors (Lipinski definition) is 2. The van der Waals surface area contributed by atoms with Gasteiger partial charge in [-0.05, 0) is 43.0 Å². The zero-order chi connectivity index (χ0) is 28.4. The van der Waals surface area contributed by atoms with Crippen LogP contribution in [0, 0.1) is 11.3 Å². The molecule has 0 saturated carbocycles. The van der Waals surface area contributed by atoms with Crippen LogP contribution in [0.25, 0.3) is 0 Å². The number of hydrogen-bond acceptors (Lipinski definition) is 5. The van der Waals surface area contributed by atoms with E-state index in [9.17, 15) is 27.9 Å². The molecule has 1 heterocycles. The maximum atomic E-state index is 13.4. The second kappa shape index (κ2) is 11.2. The minimum absolute atomic E-state index is 0.0485. The molecule has 38 heavy (non-hydrogen) atoms. The van der Waals surface area contributed by atoms with Gasteiger partial charge in [-0.15, -0.1) is 0 Å². The molecular weight excluding hydrogens is 501 g/mol. The molecule has 0 bridgehead atoms. The van der Waals surface area contributed by atoms with Gasteiger partial charge in [0.05, 0.1) is 24.8 Å². The van der Waals surface area contributed by atoms with E-state index in [4.69, 9.17) is 9.47 Å². The van der Waals surface area contributed by atoms with E-state index in [1.165, 1.54) is 18.1 Å². The van der Waals surface area contributed by atoms with Gasteiger partial charge in [-0.25, -0.2) is 9.59 Å². The molecule has 2 aromatic rings. The molecule has 1 saturated heterocycles. The molecule has 4 atom stereocenters. The molecule has 0 spiro atoms. The Balaban J connectivity index is 2.14. The van der Waals surface area contributed by atoms with Gasteiger partial charge in [0, 0.05) is 24.1 Å². The lowest BCUT2D eigenvalue weighted by Crippen LogP contribution is -2.48. The van der Waals surface area contributed by atoms with E-state index in [2.05, 4.69) is 5.32 Å². The summed E-state index contributed by atoms with van der Waals surface area (Å²) in [5.74, 6) is -1.55. The van der Waals surface area contributed by atoms with Gasteiger partial charge in [0.1, 0.15) is 11.8 Å². The van der Waals surface area contributed by atoms with Crippen molar-refractivity contribution in [2.45, 2.75) is 71.6 Å². The Bertz CT molecular complexity index is 1130. The second-order valence-electron chi connectivity index (χ2n) is 10.8. The van der Waals surface area contributed by atoms with Crippen LogP contribution in [0.1, 0.15) is 57.4 Å². The number of nitrogens with zero attached hydrogens (tertiary/aromatic N) is 1. The zero-order valence-corrected chi connectivity index (χ0v) is 22.4. The average molecular weight is 537 g/mol. The molecule has 1 aliphatic rings. The highest BCUT2D eigenvalue weighted by Crippen LogP contribution is 2.48. The molecule has 2 aromatic carbocycles. The minimum atomic E-state index is -4.54. The van der Waals surface area contributed by atoms with Crippen molar-refractivity contribution in [2.24, 2.45) is 11.3 Å². The molecule has 2 N–H and O–H groups in total. The van der Waals surface area contributed by atoms with Gasteiger partial charge in [-0.2, -0.15) is 13.2 Å². The van der Waals surface area contributed by atoms with Gasteiger partial charge in [0.2, 0.25) is 0 Å². The number of carboxylic acids is 1. The number of amides is 1. The van der Waals surface area contributed by atoms with Gasteiger partial charge in [-0.3, -0.25) is 4.90 Å². The highest BCUT2D eigenvalue weighted by atomic mass is 19.4. The van der Waals surface area contributed by atoms with Gasteiger partial charge < -0.3 is 19.9 Å². The SMILES string of the molecule is COc1ccc(C(F)(F)F)cc1CN[C@@H]1[C@H](C(C)(C)C)[C@@H](C(=O)O)N(C(=O)OC(C)C)[C@H]1c1ccccc1. The number of rotatable bonds is 7. The maximum Gasteiger partial charge on any atom is 0.416 e.